The van der Waals surface area contributed by atoms with Gasteiger partial charge in [0.15, 0.2) is 0 Å². The summed E-state index contributed by atoms with van der Waals surface area (Å²) in [5.41, 5.74) is 27.3. The molecule has 0 radical (unpaired) electrons. The molecule has 2 nitrogen and oxygen atoms in total. The van der Waals surface area contributed by atoms with Crippen LogP contribution in [0, 0.1) is 6.92 Å². The Morgan fingerprint density at radius 2 is 0.859 bits per heavy atom. The van der Waals surface area contributed by atoms with E-state index >= 15 is 0 Å². The summed E-state index contributed by atoms with van der Waals surface area (Å²) in [5, 5.41) is 4.98. The maximum atomic E-state index is 3.99. The smallest absolute Gasteiger partial charge is 0.0726 e. The minimum absolute atomic E-state index is 0.420. The van der Waals surface area contributed by atoms with Crippen LogP contribution in [0.3, 0.4) is 0 Å². The Hall–Kier alpha value is -8.98. The molecule has 0 fully saturated rings. The quantitative estimate of drug-likeness (QED) is 0.182. The Bertz CT molecular complexity index is 4370. The number of aromatic nitrogens is 2. The fraction of sp³-hybridized carbons (Fsp3) is 0.0435. The number of benzene rings is 11. The number of aromatic amines is 1. The lowest BCUT2D eigenvalue weighted by Crippen LogP contribution is -2.29. The third-order valence-corrected chi connectivity index (χ3v) is 16.8. The van der Waals surface area contributed by atoms with Crippen LogP contribution in [0.5, 0.6) is 0 Å². The van der Waals surface area contributed by atoms with Crippen LogP contribution in [-0.4, -0.2) is 9.55 Å². The number of nitrogens with one attached hydrogen (secondary N) is 1. The summed E-state index contributed by atoms with van der Waals surface area (Å²) < 4.78 is 2.53. The van der Waals surface area contributed by atoms with E-state index in [0.29, 0.717) is 0 Å². The van der Waals surface area contributed by atoms with Gasteiger partial charge in [0.25, 0.3) is 0 Å². The second-order valence-corrected chi connectivity index (χ2v) is 19.9. The van der Waals surface area contributed by atoms with Gasteiger partial charge in [-0.2, -0.15) is 0 Å². The Balaban J connectivity index is 0.919. The molecule has 13 aromatic rings. The van der Waals surface area contributed by atoms with Crippen molar-refractivity contribution in [1.82, 2.24) is 9.55 Å². The van der Waals surface area contributed by atoms with Crippen molar-refractivity contribution in [2.24, 2.45) is 0 Å². The summed E-state index contributed by atoms with van der Waals surface area (Å²) in [7, 11) is 0. The number of aryl methyl sites for hydroxylation is 1. The fourth-order valence-electron chi connectivity index (χ4n) is 14.1. The summed E-state index contributed by atoms with van der Waals surface area (Å²) in [5.74, 6) is 0. The van der Waals surface area contributed by atoms with Gasteiger partial charge in [-0.15, -0.1) is 0 Å². The molecule has 1 spiro atoms. The number of hydrogen-bond acceptors (Lipinski definition) is 0. The topological polar surface area (TPSA) is 20.7 Å². The van der Waals surface area contributed by atoms with Gasteiger partial charge in [0, 0.05) is 43.9 Å². The van der Waals surface area contributed by atoms with Gasteiger partial charge < -0.3 is 9.55 Å². The predicted octanol–water partition coefficient (Wildman–Crippen LogP) is 17.1. The predicted molar refractivity (Wildman–Crippen MR) is 294 cm³/mol. The van der Waals surface area contributed by atoms with Crippen molar-refractivity contribution >= 4 is 43.6 Å². The van der Waals surface area contributed by atoms with Crippen molar-refractivity contribution in [2.75, 3.05) is 0 Å². The molecule has 3 aliphatic carbocycles. The van der Waals surface area contributed by atoms with Crippen LogP contribution in [-0.2, 0) is 10.8 Å². The molecule has 0 amide bonds. The molecule has 1 unspecified atom stereocenters. The van der Waals surface area contributed by atoms with E-state index in [1.807, 2.05) is 0 Å². The van der Waals surface area contributed by atoms with E-state index in [2.05, 4.69) is 259 Å². The standard InChI is InChI=1S/C69H44N2/c1-42-18-8-13-27-55(42)68(45-19-4-2-5-20-45)58-30-16-11-25-51(58)64-60(68)36-34-49-53-40-43(32-38-62(53)70-66(49)64)44-33-39-63-54(41-44)50-35-37-61-65(67(50)71(63)46-21-6-3-7-22-46)52-26-12-17-31-59(52)69(61)56-28-14-9-23-47(56)48-24-10-15-29-57(48)69/h2-41,70H,1H3. The monoisotopic (exact) mass is 900 g/mol. The molecule has 330 valence electrons. The van der Waals surface area contributed by atoms with E-state index in [1.165, 1.54) is 133 Å². The van der Waals surface area contributed by atoms with Crippen molar-refractivity contribution in [3.8, 4) is 50.2 Å². The molecule has 1 N–H and O–H groups in total. The summed E-state index contributed by atoms with van der Waals surface area (Å²) in [6.07, 6.45) is 0. The Kier molecular flexibility index (Phi) is 7.71. The van der Waals surface area contributed by atoms with Crippen molar-refractivity contribution < 1.29 is 0 Å². The lowest BCUT2D eigenvalue weighted by Gasteiger charge is -2.35. The molecule has 2 heteroatoms. The van der Waals surface area contributed by atoms with E-state index in [0.717, 1.165) is 11.2 Å². The van der Waals surface area contributed by atoms with Crippen LogP contribution >= 0.6 is 0 Å². The molecule has 3 aliphatic rings. The van der Waals surface area contributed by atoms with Gasteiger partial charge in [-0.1, -0.05) is 206 Å². The maximum Gasteiger partial charge on any atom is 0.0726 e. The average molecular weight is 901 g/mol. The molecule has 1 atom stereocenters. The summed E-state index contributed by atoms with van der Waals surface area (Å²) in [4.78, 5) is 3.99. The van der Waals surface area contributed by atoms with Gasteiger partial charge in [0.1, 0.15) is 0 Å². The second-order valence-electron chi connectivity index (χ2n) is 19.9. The third kappa shape index (κ3) is 4.82. The van der Waals surface area contributed by atoms with Gasteiger partial charge in [-0.3, -0.25) is 0 Å². The van der Waals surface area contributed by atoms with E-state index in [4.69, 9.17) is 0 Å². The molecular weight excluding hydrogens is 857 g/mol. The van der Waals surface area contributed by atoms with Gasteiger partial charge in [0.05, 0.1) is 27.4 Å². The minimum Gasteiger partial charge on any atom is -0.354 e. The molecule has 2 aromatic heterocycles. The largest absolute Gasteiger partial charge is 0.354 e. The summed E-state index contributed by atoms with van der Waals surface area (Å²) in [6.45, 7) is 2.26. The van der Waals surface area contributed by atoms with Crippen LogP contribution < -0.4 is 0 Å². The zero-order valence-electron chi connectivity index (χ0n) is 39.0. The first kappa shape index (κ1) is 38.9. The van der Waals surface area contributed by atoms with Crippen molar-refractivity contribution in [3.05, 3.63) is 293 Å². The van der Waals surface area contributed by atoms with Crippen molar-refractivity contribution in [1.29, 1.82) is 0 Å². The fourth-order valence-corrected chi connectivity index (χ4v) is 14.1. The molecule has 0 saturated heterocycles. The average Bonchev–Trinajstić information content (AvgIpc) is 4.21. The zero-order chi connectivity index (χ0) is 46.6. The number of para-hydroxylation sites is 1. The molecule has 16 rings (SSSR count). The third-order valence-electron chi connectivity index (χ3n) is 16.8. The Morgan fingerprint density at radius 1 is 0.352 bits per heavy atom. The first-order valence-electron chi connectivity index (χ1n) is 24.9. The highest BCUT2D eigenvalue weighted by Crippen LogP contribution is 2.64. The summed E-state index contributed by atoms with van der Waals surface area (Å²) >= 11 is 0. The lowest BCUT2D eigenvalue weighted by atomic mass is 9.66. The molecule has 0 saturated carbocycles. The lowest BCUT2D eigenvalue weighted by molar-refractivity contribution is 0.761. The Labute approximate surface area is 411 Å². The SMILES string of the molecule is Cc1ccccc1C1(c2ccccc2)c2ccccc2-c2c1ccc1c2[nH]c2ccc(-c3ccc4c(c3)c3ccc5c(c3n4-c3ccccc3)-c3ccccc3C53c4ccccc4-c4ccccc43)cc21. The van der Waals surface area contributed by atoms with E-state index in [9.17, 15) is 0 Å². The molecule has 2 heterocycles. The second kappa shape index (κ2) is 14.1. The van der Waals surface area contributed by atoms with Crippen LogP contribution in [0.2, 0.25) is 0 Å². The molecule has 71 heavy (non-hydrogen) atoms. The van der Waals surface area contributed by atoms with Crippen LogP contribution in [0.15, 0.2) is 243 Å². The number of nitrogens with zero attached hydrogens (tertiary/aromatic N) is 1. The van der Waals surface area contributed by atoms with E-state index in [-0.39, 0.29) is 0 Å². The minimum atomic E-state index is -0.460. The van der Waals surface area contributed by atoms with Crippen LogP contribution in [0.1, 0.15) is 50.1 Å². The zero-order valence-corrected chi connectivity index (χ0v) is 39.0. The number of hydrogen-bond donors (Lipinski definition) is 1. The van der Waals surface area contributed by atoms with E-state index in [1.54, 1.807) is 0 Å². The van der Waals surface area contributed by atoms with Crippen molar-refractivity contribution in [2.45, 2.75) is 17.8 Å². The van der Waals surface area contributed by atoms with Crippen LogP contribution in [0.4, 0.5) is 0 Å². The van der Waals surface area contributed by atoms with Gasteiger partial charge in [-0.25, -0.2) is 0 Å². The first-order chi connectivity index (χ1) is 35.2. The number of rotatable bonds is 4. The highest BCUT2D eigenvalue weighted by molar-refractivity contribution is 6.18. The maximum absolute atomic E-state index is 3.99. The normalized spacial score (nSPS) is 15.6. The first-order valence-corrected chi connectivity index (χ1v) is 24.9. The van der Waals surface area contributed by atoms with Gasteiger partial charge >= 0.3 is 0 Å². The molecule has 11 aromatic carbocycles. The Morgan fingerprint density at radius 3 is 1.54 bits per heavy atom. The van der Waals surface area contributed by atoms with Gasteiger partial charge in [-0.05, 0) is 127 Å². The highest BCUT2D eigenvalue weighted by Gasteiger charge is 2.52. The van der Waals surface area contributed by atoms with Crippen molar-refractivity contribution in [3.63, 3.8) is 0 Å². The van der Waals surface area contributed by atoms with E-state index < -0.39 is 10.8 Å². The highest BCUT2D eigenvalue weighted by atomic mass is 15.0. The van der Waals surface area contributed by atoms with Gasteiger partial charge in [0.2, 0.25) is 0 Å². The summed E-state index contributed by atoms with van der Waals surface area (Å²) in [6, 6.07) is 91.3. The molecular formula is C69H44N2. The molecule has 0 aliphatic heterocycles. The number of fused-ring (bicyclic) bond motifs is 21. The number of H-pyrrole nitrogens is 1. The van der Waals surface area contributed by atoms with Crippen LogP contribution in [0.25, 0.3) is 93.8 Å². The molecule has 0 bridgehead atoms.